The van der Waals surface area contributed by atoms with Crippen molar-refractivity contribution in [2.24, 2.45) is 4.36 Å². The van der Waals surface area contributed by atoms with Crippen molar-refractivity contribution < 1.29 is 18.8 Å². The predicted molar refractivity (Wildman–Crippen MR) is 64.9 cm³/mol. The molecule has 96 valence electrons. The average molecular weight is 299 g/mol. The lowest BCUT2D eigenvalue weighted by Crippen LogP contribution is -2.18. The smallest absolute Gasteiger partial charge is 0.440 e. The SMILES string of the molecule is COC(C)(C)c1ncc(S(=O)(Cl)=NC(=O)O)s1. The summed E-state index contributed by atoms with van der Waals surface area (Å²) in [5.41, 5.74) is -0.654. The van der Waals surface area contributed by atoms with Gasteiger partial charge in [-0.15, -0.1) is 15.7 Å². The van der Waals surface area contributed by atoms with E-state index in [0.717, 1.165) is 11.3 Å². The molecule has 0 spiro atoms. The Kier molecular flexibility index (Phi) is 4.13. The van der Waals surface area contributed by atoms with Crippen LogP contribution >= 0.6 is 22.0 Å². The van der Waals surface area contributed by atoms with Gasteiger partial charge in [0.1, 0.15) is 14.8 Å². The molecular formula is C8H11ClN2O4S2. The maximum atomic E-state index is 11.8. The molecule has 1 amide bonds. The molecule has 1 unspecified atom stereocenters. The first-order valence-corrected chi connectivity index (χ1v) is 7.56. The molecule has 1 atom stereocenters. The van der Waals surface area contributed by atoms with Crippen molar-refractivity contribution >= 4 is 37.1 Å². The van der Waals surface area contributed by atoms with Gasteiger partial charge in [0.15, 0.2) is 8.94 Å². The number of rotatable bonds is 3. The third-order valence-corrected chi connectivity index (χ3v) is 5.95. The number of hydrogen-bond acceptors (Lipinski definition) is 5. The first-order chi connectivity index (χ1) is 7.69. The van der Waals surface area contributed by atoms with Crippen molar-refractivity contribution in [2.45, 2.75) is 23.7 Å². The molecule has 6 nitrogen and oxygen atoms in total. The lowest BCUT2D eigenvalue weighted by molar-refractivity contribution is 0.0190. The van der Waals surface area contributed by atoms with Crippen molar-refractivity contribution in [1.29, 1.82) is 0 Å². The number of hydrogen-bond donors (Lipinski definition) is 1. The second kappa shape index (κ2) is 4.89. The van der Waals surface area contributed by atoms with Gasteiger partial charge >= 0.3 is 6.09 Å². The van der Waals surface area contributed by atoms with Gasteiger partial charge in [-0.1, -0.05) is 0 Å². The van der Waals surface area contributed by atoms with Crippen molar-refractivity contribution in [3.05, 3.63) is 11.2 Å². The van der Waals surface area contributed by atoms with Crippen LogP contribution in [0.4, 0.5) is 4.79 Å². The zero-order valence-electron chi connectivity index (χ0n) is 9.34. The van der Waals surface area contributed by atoms with E-state index in [9.17, 15) is 9.00 Å². The normalized spacial score (nSPS) is 15.3. The monoisotopic (exact) mass is 298 g/mol. The fraction of sp³-hybridized carbons (Fsp3) is 0.500. The summed E-state index contributed by atoms with van der Waals surface area (Å²) in [5.74, 6) is 0. The van der Waals surface area contributed by atoms with Crippen LogP contribution < -0.4 is 0 Å². The molecule has 9 heteroatoms. The van der Waals surface area contributed by atoms with Crippen LogP contribution in [0.25, 0.3) is 0 Å². The van der Waals surface area contributed by atoms with Crippen LogP contribution in [0.5, 0.6) is 0 Å². The minimum absolute atomic E-state index is 0.0988. The fourth-order valence-corrected chi connectivity index (χ4v) is 3.43. The Morgan fingerprint density at radius 2 is 2.29 bits per heavy atom. The fourth-order valence-electron chi connectivity index (χ4n) is 0.887. The van der Waals surface area contributed by atoms with Gasteiger partial charge < -0.3 is 9.84 Å². The summed E-state index contributed by atoms with van der Waals surface area (Å²) in [5, 5.41) is 9.00. The van der Waals surface area contributed by atoms with E-state index in [1.165, 1.54) is 13.3 Å². The molecule has 1 rings (SSSR count). The summed E-state index contributed by atoms with van der Waals surface area (Å²) >= 11 is 1.01. The molecule has 1 N–H and O–H groups in total. The number of nitrogens with zero attached hydrogens (tertiary/aromatic N) is 2. The van der Waals surface area contributed by atoms with E-state index in [1.807, 2.05) is 0 Å². The van der Waals surface area contributed by atoms with Crippen molar-refractivity contribution in [3.8, 4) is 0 Å². The second-order valence-electron chi connectivity index (χ2n) is 3.53. The molecule has 0 saturated carbocycles. The topological polar surface area (TPSA) is 88.9 Å². The standard InChI is InChI=1S/C8H11ClN2O4S2/c1-8(2,15-3)6-10-4-5(16-6)17(9,14)11-7(12)13/h4H,1-3H3,(H,12,13). The predicted octanol–water partition coefficient (Wildman–Crippen LogP) is 2.68. The summed E-state index contributed by atoms with van der Waals surface area (Å²) in [7, 11) is 3.63. The van der Waals surface area contributed by atoms with Gasteiger partial charge in [-0.3, -0.25) is 0 Å². The minimum atomic E-state index is -3.46. The third kappa shape index (κ3) is 3.38. The Morgan fingerprint density at radius 1 is 1.71 bits per heavy atom. The molecule has 17 heavy (non-hydrogen) atoms. The Morgan fingerprint density at radius 3 is 2.76 bits per heavy atom. The maximum absolute atomic E-state index is 11.8. The van der Waals surface area contributed by atoms with E-state index in [0.29, 0.717) is 5.01 Å². The highest BCUT2D eigenvalue weighted by Crippen LogP contribution is 2.32. The lowest BCUT2D eigenvalue weighted by Gasteiger charge is -2.19. The van der Waals surface area contributed by atoms with Crippen LogP contribution in [0, 0.1) is 0 Å². The molecular weight excluding hydrogens is 288 g/mol. The van der Waals surface area contributed by atoms with Crippen LogP contribution in [0.15, 0.2) is 14.8 Å². The molecule has 0 aromatic carbocycles. The zero-order valence-corrected chi connectivity index (χ0v) is 11.7. The first-order valence-electron chi connectivity index (χ1n) is 4.40. The molecule has 0 saturated heterocycles. The minimum Gasteiger partial charge on any atom is -0.463 e. The number of carboxylic acid groups (broad SMARTS) is 1. The van der Waals surface area contributed by atoms with Gasteiger partial charge in [-0.05, 0) is 13.8 Å². The van der Waals surface area contributed by atoms with Crippen LogP contribution in [0.2, 0.25) is 0 Å². The summed E-state index contributed by atoms with van der Waals surface area (Å²) in [4.78, 5) is 14.4. The van der Waals surface area contributed by atoms with E-state index < -0.39 is 20.6 Å². The highest BCUT2D eigenvalue weighted by atomic mass is 35.7. The highest BCUT2D eigenvalue weighted by molar-refractivity contribution is 8.17. The van der Waals surface area contributed by atoms with Gasteiger partial charge in [0.05, 0.1) is 6.20 Å². The number of halogens is 1. The van der Waals surface area contributed by atoms with E-state index in [-0.39, 0.29) is 4.21 Å². The molecule has 0 radical (unpaired) electrons. The summed E-state index contributed by atoms with van der Waals surface area (Å²) in [6, 6.07) is 0. The maximum Gasteiger partial charge on any atom is 0.440 e. The van der Waals surface area contributed by atoms with Gasteiger partial charge in [0, 0.05) is 17.8 Å². The largest absolute Gasteiger partial charge is 0.463 e. The van der Waals surface area contributed by atoms with Crippen molar-refractivity contribution in [3.63, 3.8) is 0 Å². The second-order valence-corrected chi connectivity index (χ2v) is 7.61. The third-order valence-electron chi connectivity index (χ3n) is 1.95. The Balaban J connectivity index is 3.21. The summed E-state index contributed by atoms with van der Waals surface area (Å²) in [6.45, 7) is 3.56. The van der Waals surface area contributed by atoms with Gasteiger partial charge in [-0.25, -0.2) is 14.0 Å². The van der Waals surface area contributed by atoms with Crippen LogP contribution in [-0.4, -0.2) is 27.5 Å². The Labute approximate surface area is 107 Å². The molecule has 0 aliphatic carbocycles. The first kappa shape index (κ1) is 14.4. The number of ether oxygens (including phenoxy) is 1. The molecule has 0 bridgehead atoms. The molecule has 1 aromatic heterocycles. The summed E-state index contributed by atoms with van der Waals surface area (Å²) < 4.78 is 20.0. The zero-order chi connectivity index (χ0) is 13.3. The van der Waals surface area contributed by atoms with Crippen LogP contribution in [0.1, 0.15) is 18.9 Å². The van der Waals surface area contributed by atoms with E-state index in [2.05, 4.69) is 9.35 Å². The van der Waals surface area contributed by atoms with Gasteiger partial charge in [0.25, 0.3) is 0 Å². The molecule has 0 aliphatic rings. The van der Waals surface area contributed by atoms with Gasteiger partial charge in [0.2, 0.25) is 0 Å². The number of thiazole rings is 1. The number of aromatic nitrogens is 1. The average Bonchev–Trinajstić information content (AvgIpc) is 2.65. The quantitative estimate of drug-likeness (QED) is 0.867. The Hall–Kier alpha value is -0.700. The van der Waals surface area contributed by atoms with Gasteiger partial charge in [-0.2, -0.15) is 0 Å². The van der Waals surface area contributed by atoms with E-state index in [1.54, 1.807) is 13.8 Å². The van der Waals surface area contributed by atoms with Crippen molar-refractivity contribution in [2.75, 3.05) is 7.11 Å². The van der Waals surface area contributed by atoms with Crippen LogP contribution in [0.3, 0.4) is 0 Å². The number of carbonyl (C=O) groups is 1. The molecule has 1 heterocycles. The highest BCUT2D eigenvalue weighted by Gasteiger charge is 2.26. The van der Waals surface area contributed by atoms with E-state index >= 15 is 0 Å². The van der Waals surface area contributed by atoms with Crippen LogP contribution in [-0.2, 0) is 19.3 Å². The summed E-state index contributed by atoms with van der Waals surface area (Å²) in [6.07, 6.45) is -0.325. The van der Waals surface area contributed by atoms with E-state index in [4.69, 9.17) is 20.5 Å². The molecule has 0 fully saturated rings. The molecule has 1 aromatic rings. The van der Waals surface area contributed by atoms with Crippen molar-refractivity contribution in [1.82, 2.24) is 4.98 Å². The number of methoxy groups -OCH3 is 1. The molecule has 0 aliphatic heterocycles. The lowest BCUT2D eigenvalue weighted by atomic mass is 10.1. The Bertz CT molecular complexity index is 545. The number of amides is 1.